The number of Topliss-reactive ketones (excluding diaryl/α,β-unsaturated/α-hetero) is 1. The number of hydrogen-bond donors (Lipinski definition) is 1. The SMILES string of the molecule is COc1ccc(/C=C/C(=O)OCC(=O)c2ccc(CCCNC(C)=O)cc2)c(OC)c1. The zero-order chi connectivity index (χ0) is 22.6. The van der Waals surface area contributed by atoms with Crippen LogP contribution in [-0.2, 0) is 20.7 Å². The summed E-state index contributed by atoms with van der Waals surface area (Å²) in [6, 6.07) is 12.4. The zero-order valence-electron chi connectivity index (χ0n) is 18.0. The van der Waals surface area contributed by atoms with Crippen LogP contribution in [0.4, 0.5) is 0 Å². The minimum Gasteiger partial charge on any atom is -0.497 e. The number of hydrogen-bond acceptors (Lipinski definition) is 6. The van der Waals surface area contributed by atoms with Gasteiger partial charge in [-0.15, -0.1) is 0 Å². The smallest absolute Gasteiger partial charge is 0.331 e. The van der Waals surface area contributed by atoms with E-state index in [1.165, 1.54) is 20.1 Å². The molecule has 0 saturated heterocycles. The highest BCUT2D eigenvalue weighted by atomic mass is 16.5. The van der Waals surface area contributed by atoms with E-state index in [0.29, 0.717) is 29.2 Å². The van der Waals surface area contributed by atoms with Gasteiger partial charge in [0.2, 0.25) is 5.91 Å². The van der Waals surface area contributed by atoms with Crippen molar-refractivity contribution in [3.8, 4) is 11.5 Å². The van der Waals surface area contributed by atoms with Crippen LogP contribution in [0.3, 0.4) is 0 Å². The van der Waals surface area contributed by atoms with Crippen LogP contribution in [-0.4, -0.2) is 45.0 Å². The van der Waals surface area contributed by atoms with Crippen LogP contribution in [0.25, 0.3) is 6.08 Å². The first-order valence-corrected chi connectivity index (χ1v) is 9.86. The normalized spacial score (nSPS) is 10.5. The van der Waals surface area contributed by atoms with Gasteiger partial charge in [0.15, 0.2) is 12.4 Å². The van der Waals surface area contributed by atoms with Gasteiger partial charge in [-0.25, -0.2) is 4.79 Å². The molecular weight excluding hydrogens is 398 g/mol. The summed E-state index contributed by atoms with van der Waals surface area (Å²) in [5.74, 6) is 0.237. The van der Waals surface area contributed by atoms with Crippen molar-refractivity contribution in [2.75, 3.05) is 27.4 Å². The molecule has 0 saturated carbocycles. The second-order valence-electron chi connectivity index (χ2n) is 6.76. The van der Waals surface area contributed by atoms with Crippen LogP contribution < -0.4 is 14.8 Å². The Morgan fingerprint density at radius 3 is 2.39 bits per heavy atom. The van der Waals surface area contributed by atoms with Crippen LogP contribution in [0.15, 0.2) is 48.5 Å². The Hall–Kier alpha value is -3.61. The number of amides is 1. The molecule has 0 aliphatic rings. The first-order valence-electron chi connectivity index (χ1n) is 9.86. The topological polar surface area (TPSA) is 90.9 Å². The average molecular weight is 425 g/mol. The summed E-state index contributed by atoms with van der Waals surface area (Å²) in [5.41, 5.74) is 2.22. The van der Waals surface area contributed by atoms with Crippen molar-refractivity contribution < 1.29 is 28.6 Å². The monoisotopic (exact) mass is 425 g/mol. The van der Waals surface area contributed by atoms with Gasteiger partial charge in [-0.1, -0.05) is 24.3 Å². The molecule has 0 fully saturated rings. The molecule has 0 heterocycles. The second-order valence-corrected chi connectivity index (χ2v) is 6.76. The average Bonchev–Trinajstić information content (AvgIpc) is 2.79. The van der Waals surface area contributed by atoms with Crippen molar-refractivity contribution in [1.82, 2.24) is 5.32 Å². The van der Waals surface area contributed by atoms with Gasteiger partial charge in [0.05, 0.1) is 14.2 Å². The molecule has 0 radical (unpaired) electrons. The third-order valence-electron chi connectivity index (χ3n) is 4.48. The number of carbonyl (C=O) groups is 3. The Labute approximate surface area is 182 Å². The van der Waals surface area contributed by atoms with E-state index < -0.39 is 5.97 Å². The quantitative estimate of drug-likeness (QED) is 0.257. The lowest BCUT2D eigenvalue weighted by molar-refractivity contribution is -0.136. The lowest BCUT2D eigenvalue weighted by atomic mass is 10.1. The molecule has 0 aromatic heterocycles. The maximum atomic E-state index is 12.3. The van der Waals surface area contributed by atoms with Crippen molar-refractivity contribution in [3.63, 3.8) is 0 Å². The molecule has 0 unspecified atom stereocenters. The molecule has 0 aliphatic carbocycles. The first-order chi connectivity index (χ1) is 14.9. The van der Waals surface area contributed by atoms with E-state index in [2.05, 4.69) is 5.32 Å². The fourth-order valence-electron chi connectivity index (χ4n) is 2.80. The molecule has 0 atom stereocenters. The largest absolute Gasteiger partial charge is 0.497 e. The fourth-order valence-corrected chi connectivity index (χ4v) is 2.80. The fraction of sp³-hybridized carbons (Fsp3) is 0.292. The summed E-state index contributed by atoms with van der Waals surface area (Å²) in [7, 11) is 3.08. The van der Waals surface area contributed by atoms with Crippen LogP contribution in [0.1, 0.15) is 34.8 Å². The summed E-state index contributed by atoms with van der Waals surface area (Å²) >= 11 is 0. The summed E-state index contributed by atoms with van der Waals surface area (Å²) in [6.07, 6.45) is 4.41. The van der Waals surface area contributed by atoms with Crippen molar-refractivity contribution in [2.24, 2.45) is 0 Å². The minimum atomic E-state index is -0.624. The van der Waals surface area contributed by atoms with Crippen molar-refractivity contribution in [1.29, 1.82) is 0 Å². The second kappa shape index (κ2) is 12.2. The van der Waals surface area contributed by atoms with Crippen LogP contribution in [0, 0.1) is 0 Å². The van der Waals surface area contributed by atoms with Gasteiger partial charge in [0, 0.05) is 36.7 Å². The van der Waals surface area contributed by atoms with Crippen LogP contribution >= 0.6 is 0 Å². The molecule has 31 heavy (non-hydrogen) atoms. The van der Waals surface area contributed by atoms with E-state index in [0.717, 1.165) is 18.4 Å². The minimum absolute atomic E-state index is 0.0477. The Morgan fingerprint density at radius 2 is 1.74 bits per heavy atom. The van der Waals surface area contributed by atoms with E-state index in [1.54, 1.807) is 43.5 Å². The number of aryl methyl sites for hydroxylation is 1. The van der Waals surface area contributed by atoms with Crippen molar-refractivity contribution in [3.05, 3.63) is 65.2 Å². The van der Waals surface area contributed by atoms with E-state index in [9.17, 15) is 14.4 Å². The number of rotatable bonds is 11. The highest BCUT2D eigenvalue weighted by Gasteiger charge is 2.09. The molecule has 2 rings (SSSR count). The molecule has 7 nitrogen and oxygen atoms in total. The number of carbonyl (C=O) groups excluding carboxylic acids is 3. The molecule has 0 aliphatic heterocycles. The number of methoxy groups -OCH3 is 2. The molecule has 7 heteroatoms. The molecule has 1 amide bonds. The zero-order valence-corrected chi connectivity index (χ0v) is 18.0. The molecule has 0 spiro atoms. The molecular formula is C24H27NO6. The molecule has 0 bridgehead atoms. The van der Waals surface area contributed by atoms with E-state index in [1.807, 2.05) is 12.1 Å². The van der Waals surface area contributed by atoms with E-state index in [-0.39, 0.29) is 18.3 Å². The van der Waals surface area contributed by atoms with Crippen LogP contribution in [0.2, 0.25) is 0 Å². The van der Waals surface area contributed by atoms with Gasteiger partial charge in [-0.3, -0.25) is 9.59 Å². The summed E-state index contributed by atoms with van der Waals surface area (Å²) in [6.45, 7) is 1.76. The van der Waals surface area contributed by atoms with Gasteiger partial charge < -0.3 is 19.5 Å². The number of esters is 1. The van der Waals surface area contributed by atoms with E-state index in [4.69, 9.17) is 14.2 Å². The lowest BCUT2D eigenvalue weighted by Crippen LogP contribution is -2.21. The first kappa shape index (κ1) is 23.7. The third kappa shape index (κ3) is 7.97. The standard InChI is InChI=1S/C24H27NO6/c1-17(26)25-14-4-5-18-6-8-19(9-7-18)22(27)16-31-24(28)13-11-20-10-12-21(29-2)15-23(20)30-3/h6-13,15H,4-5,14,16H2,1-3H3,(H,25,26)/b13-11+. The van der Waals surface area contributed by atoms with Gasteiger partial charge >= 0.3 is 5.97 Å². The Kier molecular flexibility index (Phi) is 9.29. The Morgan fingerprint density at radius 1 is 1.00 bits per heavy atom. The summed E-state index contributed by atoms with van der Waals surface area (Å²) in [5, 5.41) is 2.75. The predicted octanol–water partition coefficient (Wildman–Crippen LogP) is 3.21. The number of benzene rings is 2. The van der Waals surface area contributed by atoms with Crippen LogP contribution in [0.5, 0.6) is 11.5 Å². The van der Waals surface area contributed by atoms with Gasteiger partial charge in [0.1, 0.15) is 11.5 Å². The number of ether oxygens (including phenoxy) is 3. The maximum absolute atomic E-state index is 12.3. The lowest BCUT2D eigenvalue weighted by Gasteiger charge is -2.07. The summed E-state index contributed by atoms with van der Waals surface area (Å²) in [4.78, 5) is 35.1. The highest BCUT2D eigenvalue weighted by molar-refractivity contribution is 5.99. The number of nitrogens with one attached hydrogen (secondary N) is 1. The molecule has 2 aromatic carbocycles. The Balaban J connectivity index is 1.83. The summed E-state index contributed by atoms with van der Waals surface area (Å²) < 4.78 is 15.5. The van der Waals surface area contributed by atoms with E-state index >= 15 is 0 Å². The highest BCUT2D eigenvalue weighted by Crippen LogP contribution is 2.25. The molecule has 1 N–H and O–H groups in total. The number of ketones is 1. The predicted molar refractivity (Wildman–Crippen MR) is 117 cm³/mol. The van der Waals surface area contributed by atoms with Gasteiger partial charge in [-0.05, 0) is 36.6 Å². The van der Waals surface area contributed by atoms with Gasteiger partial charge in [0.25, 0.3) is 0 Å². The Bertz CT molecular complexity index is 934. The van der Waals surface area contributed by atoms with Gasteiger partial charge in [-0.2, -0.15) is 0 Å². The van der Waals surface area contributed by atoms with Crippen molar-refractivity contribution >= 4 is 23.7 Å². The molecule has 164 valence electrons. The maximum Gasteiger partial charge on any atom is 0.331 e. The third-order valence-corrected chi connectivity index (χ3v) is 4.48. The molecule has 2 aromatic rings. The van der Waals surface area contributed by atoms with Crippen molar-refractivity contribution in [2.45, 2.75) is 19.8 Å².